The highest BCUT2D eigenvalue weighted by molar-refractivity contribution is 9.09. The van der Waals surface area contributed by atoms with E-state index in [9.17, 15) is 9.18 Å². The first kappa shape index (κ1) is 15.1. The Morgan fingerprint density at radius 2 is 2.11 bits per heavy atom. The van der Waals surface area contributed by atoms with Gasteiger partial charge in [0.1, 0.15) is 12.5 Å². The Hall–Kier alpha value is -0.940. The van der Waals surface area contributed by atoms with Crippen LogP contribution in [0.15, 0.2) is 12.1 Å². The molecule has 0 spiro atoms. The van der Waals surface area contributed by atoms with Crippen LogP contribution >= 0.6 is 15.9 Å². The normalized spacial score (nSPS) is 10.5. The summed E-state index contributed by atoms with van der Waals surface area (Å²) in [6, 6.07) is 3.07. The number of rotatable bonds is 5. The van der Waals surface area contributed by atoms with Crippen LogP contribution in [0.5, 0.6) is 0 Å². The summed E-state index contributed by atoms with van der Waals surface area (Å²) in [6.45, 7) is 5.99. The number of alkyl halides is 1. The lowest BCUT2D eigenvalue weighted by atomic mass is 10.1. The maximum atomic E-state index is 13.6. The van der Waals surface area contributed by atoms with Gasteiger partial charge in [-0.25, -0.2) is 4.39 Å². The number of halogens is 2. The van der Waals surface area contributed by atoms with Crippen molar-refractivity contribution < 1.29 is 13.9 Å². The zero-order valence-corrected chi connectivity index (χ0v) is 12.4. The van der Waals surface area contributed by atoms with Gasteiger partial charge in [-0.05, 0) is 32.4 Å². The fraction of sp³-hybridized carbons (Fsp3) is 0.462. The molecule has 0 aliphatic carbocycles. The molecule has 0 radical (unpaired) electrons. The smallest absolute Gasteiger partial charge is 0.239 e. The summed E-state index contributed by atoms with van der Waals surface area (Å²) in [5.74, 6) is -0.472. The van der Waals surface area contributed by atoms with E-state index >= 15 is 0 Å². The Balaban J connectivity index is 3.19. The van der Waals surface area contributed by atoms with Gasteiger partial charge < -0.3 is 4.74 Å². The maximum Gasteiger partial charge on any atom is 0.239 e. The van der Waals surface area contributed by atoms with E-state index in [4.69, 9.17) is 4.74 Å². The number of nitrogens with zero attached hydrogens (tertiary/aromatic N) is 1. The summed E-state index contributed by atoms with van der Waals surface area (Å²) >= 11 is 3.13. The Bertz CT molecular complexity index is 437. The van der Waals surface area contributed by atoms with Crippen molar-refractivity contribution >= 4 is 27.5 Å². The molecule has 0 heterocycles. The van der Waals surface area contributed by atoms with E-state index in [1.165, 1.54) is 11.0 Å². The average Bonchev–Trinajstić information content (AvgIpc) is 2.37. The second-order valence-electron chi connectivity index (χ2n) is 3.92. The first-order chi connectivity index (χ1) is 8.52. The van der Waals surface area contributed by atoms with Gasteiger partial charge in [0.05, 0.1) is 11.0 Å². The Labute approximate surface area is 115 Å². The van der Waals surface area contributed by atoms with Gasteiger partial charge in [-0.3, -0.25) is 9.69 Å². The van der Waals surface area contributed by atoms with Crippen LogP contribution in [-0.4, -0.2) is 24.6 Å². The van der Waals surface area contributed by atoms with E-state index in [1.807, 2.05) is 13.8 Å². The van der Waals surface area contributed by atoms with Crippen molar-refractivity contribution in [2.24, 2.45) is 0 Å². The topological polar surface area (TPSA) is 29.5 Å². The van der Waals surface area contributed by atoms with E-state index in [2.05, 4.69) is 15.9 Å². The monoisotopic (exact) mass is 317 g/mol. The second-order valence-corrected chi connectivity index (χ2v) is 4.48. The fourth-order valence-corrected chi connectivity index (χ4v) is 2.04. The van der Waals surface area contributed by atoms with Gasteiger partial charge in [-0.15, -0.1) is 0 Å². The summed E-state index contributed by atoms with van der Waals surface area (Å²) in [6.07, 6.45) is 0. The lowest BCUT2D eigenvalue weighted by Crippen LogP contribution is -2.35. The van der Waals surface area contributed by atoms with Gasteiger partial charge >= 0.3 is 0 Å². The molecular formula is C13H17BrFNO2. The average molecular weight is 318 g/mol. The summed E-state index contributed by atoms with van der Waals surface area (Å²) < 4.78 is 18.9. The predicted octanol–water partition coefficient (Wildman–Crippen LogP) is 3.16. The van der Waals surface area contributed by atoms with Crippen molar-refractivity contribution in [3.05, 3.63) is 29.1 Å². The van der Waals surface area contributed by atoms with Crippen LogP contribution in [0.1, 0.15) is 18.1 Å². The zero-order valence-electron chi connectivity index (χ0n) is 10.8. The Morgan fingerprint density at radius 1 is 1.44 bits per heavy atom. The van der Waals surface area contributed by atoms with Crippen molar-refractivity contribution in [1.29, 1.82) is 0 Å². The van der Waals surface area contributed by atoms with Crippen LogP contribution in [0.3, 0.4) is 0 Å². The van der Waals surface area contributed by atoms with Gasteiger partial charge in [-0.1, -0.05) is 22.0 Å². The van der Waals surface area contributed by atoms with Crippen molar-refractivity contribution in [2.75, 3.05) is 23.6 Å². The van der Waals surface area contributed by atoms with Gasteiger partial charge in [0, 0.05) is 12.2 Å². The molecule has 1 amide bonds. The molecule has 0 atom stereocenters. The number of aryl methyl sites for hydroxylation is 1. The molecule has 0 aromatic heterocycles. The third-order valence-corrected chi connectivity index (χ3v) is 3.16. The minimum Gasteiger partial charge on any atom is -0.361 e. The van der Waals surface area contributed by atoms with Crippen LogP contribution in [-0.2, 0) is 9.53 Å². The number of carbonyl (C=O) groups excluding carboxylic acids is 1. The highest BCUT2D eigenvalue weighted by Crippen LogP contribution is 2.27. The van der Waals surface area contributed by atoms with Gasteiger partial charge in [-0.2, -0.15) is 0 Å². The number of hydrogen-bond acceptors (Lipinski definition) is 2. The highest BCUT2D eigenvalue weighted by Gasteiger charge is 2.20. The van der Waals surface area contributed by atoms with Crippen LogP contribution in [0.25, 0.3) is 0 Å². The van der Waals surface area contributed by atoms with Crippen molar-refractivity contribution in [3.63, 3.8) is 0 Å². The van der Waals surface area contributed by atoms with Gasteiger partial charge in [0.15, 0.2) is 0 Å². The number of anilines is 1. The predicted molar refractivity (Wildman–Crippen MR) is 73.6 cm³/mol. The third kappa shape index (κ3) is 3.29. The van der Waals surface area contributed by atoms with Crippen molar-refractivity contribution in [3.8, 4) is 0 Å². The lowest BCUT2D eigenvalue weighted by molar-refractivity contribution is -0.117. The summed E-state index contributed by atoms with van der Waals surface area (Å²) in [4.78, 5) is 13.4. The van der Waals surface area contributed by atoms with E-state index in [0.29, 0.717) is 17.9 Å². The van der Waals surface area contributed by atoms with E-state index in [1.54, 1.807) is 13.0 Å². The zero-order chi connectivity index (χ0) is 13.7. The van der Waals surface area contributed by atoms with Crippen LogP contribution in [0.4, 0.5) is 10.1 Å². The van der Waals surface area contributed by atoms with Gasteiger partial charge in [0.2, 0.25) is 5.91 Å². The Morgan fingerprint density at radius 3 is 2.67 bits per heavy atom. The first-order valence-corrected chi connectivity index (χ1v) is 6.84. The molecule has 5 heteroatoms. The van der Waals surface area contributed by atoms with Crippen molar-refractivity contribution in [2.45, 2.75) is 20.8 Å². The molecule has 0 N–H and O–H groups in total. The van der Waals surface area contributed by atoms with E-state index in [0.717, 1.165) is 5.56 Å². The Kier molecular flexibility index (Phi) is 5.75. The van der Waals surface area contributed by atoms with Crippen molar-refractivity contribution in [1.82, 2.24) is 0 Å². The first-order valence-electron chi connectivity index (χ1n) is 5.72. The SMILES string of the molecule is CCOCN(C(=O)CBr)c1c(C)ccc(F)c1C. The molecule has 0 saturated heterocycles. The number of carbonyl (C=O) groups is 1. The van der Waals surface area contributed by atoms with Crippen LogP contribution < -0.4 is 4.90 Å². The van der Waals surface area contributed by atoms with Gasteiger partial charge in [0.25, 0.3) is 0 Å². The molecular weight excluding hydrogens is 301 g/mol. The maximum absolute atomic E-state index is 13.6. The number of hydrogen-bond donors (Lipinski definition) is 0. The molecule has 100 valence electrons. The molecule has 0 saturated carbocycles. The largest absolute Gasteiger partial charge is 0.361 e. The molecule has 3 nitrogen and oxygen atoms in total. The minimum atomic E-state index is -0.320. The summed E-state index contributed by atoms with van der Waals surface area (Å²) in [5, 5.41) is 0.176. The number of amides is 1. The fourth-order valence-electron chi connectivity index (χ4n) is 1.74. The number of benzene rings is 1. The van der Waals surface area contributed by atoms with Crippen LogP contribution in [0, 0.1) is 19.7 Å². The molecule has 0 unspecified atom stereocenters. The molecule has 1 rings (SSSR count). The van der Waals surface area contributed by atoms with E-state index in [-0.39, 0.29) is 23.8 Å². The number of ether oxygens (including phenoxy) is 1. The standard InChI is InChI=1S/C13H17BrFNO2/c1-4-18-8-16(12(17)7-14)13-9(2)5-6-11(15)10(13)3/h5-6H,4,7-8H2,1-3H3. The third-order valence-electron chi connectivity index (χ3n) is 2.68. The molecule has 0 bridgehead atoms. The molecule has 0 fully saturated rings. The lowest BCUT2D eigenvalue weighted by Gasteiger charge is -2.25. The molecule has 0 aliphatic rings. The molecule has 1 aromatic rings. The molecule has 0 aliphatic heterocycles. The summed E-state index contributed by atoms with van der Waals surface area (Å²) in [7, 11) is 0. The molecule has 1 aromatic carbocycles. The molecule has 18 heavy (non-hydrogen) atoms. The van der Waals surface area contributed by atoms with E-state index < -0.39 is 0 Å². The summed E-state index contributed by atoms with van der Waals surface area (Å²) in [5.41, 5.74) is 1.90. The minimum absolute atomic E-state index is 0.131. The second kappa shape index (κ2) is 6.85. The highest BCUT2D eigenvalue weighted by atomic mass is 79.9. The quantitative estimate of drug-likeness (QED) is 0.616. The van der Waals surface area contributed by atoms with Crippen LogP contribution in [0.2, 0.25) is 0 Å².